The van der Waals surface area contributed by atoms with Crippen LogP contribution in [-0.4, -0.2) is 28.9 Å². The molecule has 6 nitrogen and oxygen atoms in total. The number of nitrogens with one attached hydrogen (secondary N) is 2. The fourth-order valence-corrected chi connectivity index (χ4v) is 2.50. The summed E-state index contributed by atoms with van der Waals surface area (Å²) in [4.78, 5) is 24.3. The van der Waals surface area contributed by atoms with Crippen LogP contribution in [-0.2, 0) is 15.6 Å². The van der Waals surface area contributed by atoms with E-state index in [0.29, 0.717) is 16.2 Å². The molecule has 0 spiro atoms. The molecule has 1 unspecified atom stereocenters. The minimum absolute atomic E-state index is 0.212. The van der Waals surface area contributed by atoms with Crippen LogP contribution >= 0.6 is 0 Å². The SMILES string of the molecule is Cc1ccc(OCC(=O)NNC(=O)c2ccc(S(C)=O)cc2)cc1C. The molecule has 2 aromatic rings. The molecule has 2 aromatic carbocycles. The largest absolute Gasteiger partial charge is 0.484 e. The molecule has 0 aliphatic rings. The molecule has 0 aromatic heterocycles. The molecule has 7 heteroatoms. The Morgan fingerprint density at radius 3 is 2.28 bits per heavy atom. The molecule has 0 bridgehead atoms. The summed E-state index contributed by atoms with van der Waals surface area (Å²) in [5.41, 5.74) is 7.17. The Bertz CT molecular complexity index is 803. The van der Waals surface area contributed by atoms with Gasteiger partial charge in [0.15, 0.2) is 6.61 Å². The molecular formula is C18H20N2O4S. The van der Waals surface area contributed by atoms with Crippen LogP contribution in [0.1, 0.15) is 21.5 Å². The number of benzene rings is 2. The number of hydrogen-bond acceptors (Lipinski definition) is 4. The van der Waals surface area contributed by atoms with Gasteiger partial charge >= 0.3 is 0 Å². The van der Waals surface area contributed by atoms with E-state index in [9.17, 15) is 13.8 Å². The van der Waals surface area contributed by atoms with E-state index < -0.39 is 22.6 Å². The normalized spacial score (nSPS) is 11.5. The van der Waals surface area contributed by atoms with E-state index in [2.05, 4.69) is 10.9 Å². The number of hydrazine groups is 1. The van der Waals surface area contributed by atoms with E-state index in [4.69, 9.17) is 4.74 Å². The van der Waals surface area contributed by atoms with Gasteiger partial charge in [-0.1, -0.05) is 6.07 Å². The van der Waals surface area contributed by atoms with E-state index >= 15 is 0 Å². The lowest BCUT2D eigenvalue weighted by atomic mass is 10.1. The number of aryl methyl sites for hydroxylation is 2. The van der Waals surface area contributed by atoms with Crippen LogP contribution in [0.5, 0.6) is 5.75 Å². The van der Waals surface area contributed by atoms with E-state index in [1.807, 2.05) is 26.0 Å². The summed E-state index contributed by atoms with van der Waals surface area (Å²) in [6.45, 7) is 3.74. The van der Waals surface area contributed by atoms with Gasteiger partial charge in [-0.25, -0.2) is 0 Å². The van der Waals surface area contributed by atoms with Crippen LogP contribution in [0.15, 0.2) is 47.4 Å². The molecule has 0 aliphatic heterocycles. The molecule has 0 saturated heterocycles. The summed E-state index contributed by atoms with van der Waals surface area (Å²) in [6.07, 6.45) is 1.56. The minimum Gasteiger partial charge on any atom is -0.484 e. The molecule has 0 fully saturated rings. The molecule has 25 heavy (non-hydrogen) atoms. The fourth-order valence-electron chi connectivity index (χ4n) is 1.99. The first-order valence-electron chi connectivity index (χ1n) is 7.59. The lowest BCUT2D eigenvalue weighted by Gasteiger charge is -2.10. The number of amides is 2. The molecule has 0 radical (unpaired) electrons. The first-order valence-corrected chi connectivity index (χ1v) is 9.15. The first kappa shape index (κ1) is 18.7. The standard InChI is InChI=1S/C18H20N2O4S/c1-12-4-7-15(10-13(12)2)24-11-17(21)19-20-18(22)14-5-8-16(9-6-14)25(3)23/h4-10H,11H2,1-3H3,(H,19,21)(H,20,22). The predicted molar refractivity (Wildman–Crippen MR) is 95.8 cm³/mol. The Morgan fingerprint density at radius 2 is 1.68 bits per heavy atom. The molecule has 1 atom stereocenters. The Labute approximate surface area is 149 Å². The van der Waals surface area contributed by atoms with Crippen LogP contribution in [0.2, 0.25) is 0 Å². The van der Waals surface area contributed by atoms with Gasteiger partial charge in [0.25, 0.3) is 11.8 Å². The highest BCUT2D eigenvalue weighted by atomic mass is 32.2. The van der Waals surface area contributed by atoms with Crippen molar-refractivity contribution in [2.75, 3.05) is 12.9 Å². The molecule has 132 valence electrons. The molecule has 0 aliphatic carbocycles. The van der Waals surface area contributed by atoms with Crippen LogP contribution < -0.4 is 15.6 Å². The monoisotopic (exact) mass is 360 g/mol. The second-order valence-electron chi connectivity index (χ2n) is 5.52. The quantitative estimate of drug-likeness (QED) is 0.798. The molecule has 2 N–H and O–H groups in total. The summed E-state index contributed by atoms with van der Waals surface area (Å²) < 4.78 is 16.7. The average molecular weight is 360 g/mol. The number of carbonyl (C=O) groups excluding carboxylic acids is 2. The molecule has 0 heterocycles. The molecule has 2 rings (SSSR count). The zero-order valence-corrected chi connectivity index (χ0v) is 15.1. The number of carbonyl (C=O) groups is 2. The summed E-state index contributed by atoms with van der Waals surface area (Å²) in [7, 11) is -1.10. The van der Waals surface area contributed by atoms with E-state index in [1.165, 1.54) is 0 Å². The van der Waals surface area contributed by atoms with Crippen LogP contribution in [0.4, 0.5) is 0 Å². The van der Waals surface area contributed by atoms with Gasteiger partial charge < -0.3 is 4.74 Å². The van der Waals surface area contributed by atoms with Crippen molar-refractivity contribution in [3.63, 3.8) is 0 Å². The summed E-state index contributed by atoms with van der Waals surface area (Å²) in [5, 5.41) is 0. The van der Waals surface area contributed by atoms with Crippen molar-refractivity contribution >= 4 is 22.6 Å². The third-order valence-electron chi connectivity index (χ3n) is 3.61. The summed E-state index contributed by atoms with van der Waals surface area (Å²) >= 11 is 0. The Balaban J connectivity index is 1.81. The van der Waals surface area contributed by atoms with Crippen LogP contribution in [0, 0.1) is 13.8 Å². The summed E-state index contributed by atoms with van der Waals surface area (Å²) in [6, 6.07) is 11.9. The van der Waals surface area contributed by atoms with Crippen LogP contribution in [0.3, 0.4) is 0 Å². The Hall–Kier alpha value is -2.67. The van der Waals surface area contributed by atoms with Crippen molar-refractivity contribution in [3.8, 4) is 5.75 Å². The van der Waals surface area contributed by atoms with Gasteiger partial charge in [0.1, 0.15) is 5.75 Å². The maximum atomic E-state index is 11.9. The number of rotatable bonds is 5. The summed E-state index contributed by atoms with van der Waals surface area (Å²) in [5.74, 6) is -0.349. The van der Waals surface area contributed by atoms with Gasteiger partial charge in [-0.2, -0.15) is 0 Å². The van der Waals surface area contributed by atoms with E-state index in [0.717, 1.165) is 11.1 Å². The van der Waals surface area contributed by atoms with Crippen LogP contribution in [0.25, 0.3) is 0 Å². The highest BCUT2D eigenvalue weighted by molar-refractivity contribution is 7.84. The van der Waals surface area contributed by atoms with Gasteiger partial charge in [0.2, 0.25) is 0 Å². The lowest BCUT2D eigenvalue weighted by Crippen LogP contribution is -2.43. The smallest absolute Gasteiger partial charge is 0.276 e. The maximum Gasteiger partial charge on any atom is 0.276 e. The van der Waals surface area contributed by atoms with Gasteiger partial charge in [0.05, 0.1) is 0 Å². The number of hydrogen-bond donors (Lipinski definition) is 2. The van der Waals surface area contributed by atoms with Crippen molar-refractivity contribution in [3.05, 3.63) is 59.2 Å². The van der Waals surface area contributed by atoms with Crippen molar-refractivity contribution in [2.24, 2.45) is 0 Å². The first-order chi connectivity index (χ1) is 11.9. The van der Waals surface area contributed by atoms with Crippen molar-refractivity contribution in [1.82, 2.24) is 10.9 Å². The van der Waals surface area contributed by atoms with Gasteiger partial charge in [-0.05, 0) is 61.4 Å². The van der Waals surface area contributed by atoms with Gasteiger partial charge in [-0.3, -0.25) is 24.6 Å². The van der Waals surface area contributed by atoms with Gasteiger partial charge in [-0.15, -0.1) is 0 Å². The van der Waals surface area contributed by atoms with Crippen molar-refractivity contribution in [2.45, 2.75) is 18.7 Å². The Morgan fingerprint density at radius 1 is 1.00 bits per heavy atom. The average Bonchev–Trinajstić information content (AvgIpc) is 2.60. The minimum atomic E-state index is -1.10. The zero-order chi connectivity index (χ0) is 18.4. The molecular weight excluding hydrogens is 340 g/mol. The van der Waals surface area contributed by atoms with E-state index in [1.54, 1.807) is 36.6 Å². The second kappa shape index (κ2) is 8.43. The predicted octanol–water partition coefficient (Wildman–Crippen LogP) is 1.88. The second-order valence-corrected chi connectivity index (χ2v) is 6.90. The topological polar surface area (TPSA) is 84.5 Å². The Kier molecular flexibility index (Phi) is 6.30. The van der Waals surface area contributed by atoms with Gasteiger partial charge in [0, 0.05) is 27.5 Å². The zero-order valence-electron chi connectivity index (χ0n) is 14.3. The highest BCUT2D eigenvalue weighted by Gasteiger charge is 2.09. The maximum absolute atomic E-state index is 11.9. The third kappa shape index (κ3) is 5.42. The third-order valence-corrected chi connectivity index (χ3v) is 4.55. The van der Waals surface area contributed by atoms with Crippen molar-refractivity contribution in [1.29, 1.82) is 0 Å². The highest BCUT2D eigenvalue weighted by Crippen LogP contribution is 2.16. The number of ether oxygens (including phenoxy) is 1. The fraction of sp³-hybridized carbons (Fsp3) is 0.222. The van der Waals surface area contributed by atoms with Crippen molar-refractivity contribution < 1.29 is 18.5 Å². The van der Waals surface area contributed by atoms with E-state index in [-0.39, 0.29) is 6.61 Å². The molecule has 2 amide bonds. The lowest BCUT2D eigenvalue weighted by molar-refractivity contribution is -0.123. The molecule has 0 saturated carbocycles.